The highest BCUT2D eigenvalue weighted by Gasteiger charge is 2.10. The van der Waals surface area contributed by atoms with E-state index < -0.39 is 0 Å². The summed E-state index contributed by atoms with van der Waals surface area (Å²) in [5, 5.41) is 10.9. The molecule has 0 aliphatic heterocycles. The van der Waals surface area contributed by atoms with Crippen molar-refractivity contribution >= 4 is 16.9 Å². The number of nitrogens with zero attached hydrogens (tertiary/aromatic N) is 4. The summed E-state index contributed by atoms with van der Waals surface area (Å²) in [6, 6.07) is 5.72. The molecule has 18 heavy (non-hydrogen) atoms. The smallest absolute Gasteiger partial charge is 0.192 e. The summed E-state index contributed by atoms with van der Waals surface area (Å²) in [6.07, 6.45) is 1.41. The summed E-state index contributed by atoms with van der Waals surface area (Å²) in [5.74, 6) is 1.33. The van der Waals surface area contributed by atoms with E-state index in [1.54, 1.807) is 7.05 Å². The molecule has 2 heterocycles. The van der Waals surface area contributed by atoms with Gasteiger partial charge in [0.05, 0.1) is 0 Å². The highest BCUT2D eigenvalue weighted by Crippen LogP contribution is 2.26. The van der Waals surface area contributed by atoms with Crippen LogP contribution in [0.5, 0.6) is 0 Å². The van der Waals surface area contributed by atoms with E-state index in [4.69, 9.17) is 4.42 Å². The van der Waals surface area contributed by atoms with E-state index in [1.807, 2.05) is 25.1 Å². The highest BCUT2D eigenvalue weighted by molar-refractivity contribution is 5.82. The van der Waals surface area contributed by atoms with Crippen molar-refractivity contribution in [1.82, 2.24) is 20.2 Å². The van der Waals surface area contributed by atoms with E-state index in [0.29, 0.717) is 17.4 Å². The van der Waals surface area contributed by atoms with E-state index in [-0.39, 0.29) is 0 Å². The van der Waals surface area contributed by atoms with Crippen molar-refractivity contribution in [1.29, 1.82) is 0 Å². The molecular formula is C12H11N5O. The number of hydrogen-bond donors (Lipinski definition) is 1. The number of rotatable bonds is 2. The maximum Gasteiger partial charge on any atom is 0.192 e. The lowest BCUT2D eigenvalue weighted by molar-refractivity contribution is 0.561. The second-order valence-corrected chi connectivity index (χ2v) is 3.82. The van der Waals surface area contributed by atoms with Gasteiger partial charge in [-0.2, -0.15) is 0 Å². The van der Waals surface area contributed by atoms with Crippen LogP contribution < -0.4 is 5.32 Å². The number of nitrogens with one attached hydrogen (secondary N) is 1. The maximum atomic E-state index is 5.50. The number of anilines is 1. The first kappa shape index (κ1) is 10.6. The highest BCUT2D eigenvalue weighted by atomic mass is 16.3. The third-order valence-electron chi connectivity index (χ3n) is 2.63. The Balaban J connectivity index is 2.18. The Morgan fingerprint density at radius 2 is 2.17 bits per heavy atom. The van der Waals surface area contributed by atoms with Gasteiger partial charge in [-0.25, -0.2) is 9.97 Å². The summed E-state index contributed by atoms with van der Waals surface area (Å²) in [4.78, 5) is 8.38. The molecular weight excluding hydrogens is 230 g/mol. The molecule has 0 amide bonds. The number of oxazole rings is 1. The predicted octanol–water partition coefficient (Wildman–Crippen LogP) is 2.03. The van der Waals surface area contributed by atoms with Crippen LogP contribution in [0.3, 0.4) is 0 Å². The minimum Gasteiger partial charge on any atom is -0.441 e. The van der Waals surface area contributed by atoms with E-state index >= 15 is 0 Å². The molecule has 0 aliphatic rings. The van der Waals surface area contributed by atoms with Crippen molar-refractivity contribution in [3.05, 3.63) is 30.4 Å². The normalized spacial score (nSPS) is 10.8. The van der Waals surface area contributed by atoms with Crippen molar-refractivity contribution in [2.24, 2.45) is 0 Å². The van der Waals surface area contributed by atoms with Crippen LogP contribution in [0.1, 0.15) is 5.89 Å². The molecule has 2 aromatic heterocycles. The third kappa shape index (κ3) is 1.67. The van der Waals surface area contributed by atoms with Gasteiger partial charge in [0.1, 0.15) is 17.5 Å². The molecule has 6 nitrogen and oxygen atoms in total. The molecule has 6 heteroatoms. The molecule has 0 spiro atoms. The number of hydrogen-bond acceptors (Lipinski definition) is 6. The molecule has 0 atom stereocenters. The second-order valence-electron chi connectivity index (χ2n) is 3.82. The zero-order chi connectivity index (χ0) is 12.5. The van der Waals surface area contributed by atoms with Crippen LogP contribution in [0.2, 0.25) is 0 Å². The average molecular weight is 241 g/mol. The van der Waals surface area contributed by atoms with Crippen LogP contribution in [0.15, 0.2) is 28.9 Å². The van der Waals surface area contributed by atoms with Crippen molar-refractivity contribution in [2.45, 2.75) is 6.92 Å². The summed E-state index contributed by atoms with van der Waals surface area (Å²) < 4.78 is 5.50. The Labute approximate surface area is 103 Å². The van der Waals surface area contributed by atoms with E-state index in [2.05, 4.69) is 25.5 Å². The zero-order valence-corrected chi connectivity index (χ0v) is 10.0. The first-order valence-electron chi connectivity index (χ1n) is 5.51. The summed E-state index contributed by atoms with van der Waals surface area (Å²) in [7, 11) is 1.80. The number of aromatic nitrogens is 4. The van der Waals surface area contributed by atoms with E-state index in [9.17, 15) is 0 Å². The average Bonchev–Trinajstić information content (AvgIpc) is 2.77. The largest absolute Gasteiger partial charge is 0.441 e. The maximum absolute atomic E-state index is 5.50. The lowest BCUT2D eigenvalue weighted by Gasteiger charge is -2.04. The van der Waals surface area contributed by atoms with Gasteiger partial charge in [-0.1, -0.05) is 6.07 Å². The molecule has 90 valence electrons. The van der Waals surface area contributed by atoms with Gasteiger partial charge in [0.25, 0.3) is 0 Å². The molecule has 0 fully saturated rings. The molecule has 0 radical (unpaired) electrons. The quantitative estimate of drug-likeness (QED) is 0.739. The van der Waals surface area contributed by atoms with Gasteiger partial charge in [-0.05, 0) is 12.1 Å². The molecule has 0 bridgehead atoms. The first-order valence-corrected chi connectivity index (χ1v) is 5.51. The SMILES string of the molecule is CNc1ncnnc1-c1ccc2nc(C)oc2c1. The van der Waals surface area contributed by atoms with Crippen LogP contribution in [0.4, 0.5) is 5.82 Å². The lowest BCUT2D eigenvalue weighted by atomic mass is 10.1. The standard InChI is InChI=1S/C12H11N5O/c1-7-16-9-4-3-8(5-10(9)18-7)11-12(13-2)14-6-15-17-11/h3-6H,1-2H3,(H,13,14,15). The number of aryl methyl sites for hydroxylation is 1. The summed E-state index contributed by atoms with van der Waals surface area (Å²) >= 11 is 0. The van der Waals surface area contributed by atoms with E-state index in [0.717, 1.165) is 16.7 Å². The van der Waals surface area contributed by atoms with Gasteiger partial charge >= 0.3 is 0 Å². The summed E-state index contributed by atoms with van der Waals surface area (Å²) in [5.41, 5.74) is 3.15. The minimum absolute atomic E-state index is 0.647. The Hall–Kier alpha value is -2.50. The fourth-order valence-electron chi connectivity index (χ4n) is 1.84. The van der Waals surface area contributed by atoms with Gasteiger partial charge in [0.2, 0.25) is 0 Å². The molecule has 0 unspecified atom stereocenters. The predicted molar refractivity (Wildman–Crippen MR) is 67.1 cm³/mol. The fraction of sp³-hybridized carbons (Fsp3) is 0.167. The molecule has 3 aromatic rings. The molecule has 1 N–H and O–H groups in total. The number of fused-ring (bicyclic) bond motifs is 1. The molecule has 0 saturated carbocycles. The van der Waals surface area contributed by atoms with Gasteiger partial charge in [0.15, 0.2) is 17.3 Å². The van der Waals surface area contributed by atoms with Crippen LogP contribution in [-0.4, -0.2) is 27.2 Å². The molecule has 0 aliphatic carbocycles. The lowest BCUT2D eigenvalue weighted by Crippen LogP contribution is -1.99. The van der Waals surface area contributed by atoms with Crippen molar-refractivity contribution < 1.29 is 4.42 Å². The Bertz CT molecular complexity index is 707. The summed E-state index contributed by atoms with van der Waals surface area (Å²) in [6.45, 7) is 1.82. The second kappa shape index (κ2) is 4.06. The Morgan fingerprint density at radius 1 is 1.28 bits per heavy atom. The van der Waals surface area contributed by atoms with Crippen LogP contribution >= 0.6 is 0 Å². The van der Waals surface area contributed by atoms with Crippen molar-refractivity contribution in [3.63, 3.8) is 0 Å². The minimum atomic E-state index is 0.647. The van der Waals surface area contributed by atoms with Crippen molar-refractivity contribution in [3.8, 4) is 11.3 Å². The van der Waals surface area contributed by atoms with Gasteiger partial charge in [-0.3, -0.25) is 0 Å². The Kier molecular flexibility index (Phi) is 2.40. The fourth-order valence-corrected chi connectivity index (χ4v) is 1.84. The zero-order valence-electron chi connectivity index (χ0n) is 10.0. The van der Waals surface area contributed by atoms with Crippen LogP contribution in [0.25, 0.3) is 22.4 Å². The topological polar surface area (TPSA) is 76.7 Å². The van der Waals surface area contributed by atoms with Crippen LogP contribution in [0, 0.1) is 6.92 Å². The monoisotopic (exact) mass is 241 g/mol. The Morgan fingerprint density at radius 3 is 3.00 bits per heavy atom. The van der Waals surface area contributed by atoms with Gasteiger partial charge in [-0.15, -0.1) is 10.2 Å². The van der Waals surface area contributed by atoms with Gasteiger partial charge < -0.3 is 9.73 Å². The van der Waals surface area contributed by atoms with Gasteiger partial charge in [0, 0.05) is 19.5 Å². The third-order valence-corrected chi connectivity index (χ3v) is 2.63. The number of benzene rings is 1. The first-order chi connectivity index (χ1) is 8.78. The van der Waals surface area contributed by atoms with Crippen LogP contribution in [-0.2, 0) is 0 Å². The van der Waals surface area contributed by atoms with E-state index in [1.165, 1.54) is 6.33 Å². The molecule has 0 saturated heterocycles. The molecule has 1 aromatic carbocycles. The van der Waals surface area contributed by atoms with Crippen molar-refractivity contribution in [2.75, 3.05) is 12.4 Å². The molecule has 3 rings (SSSR count).